The lowest BCUT2D eigenvalue weighted by molar-refractivity contribution is 0.560. The molecule has 0 aliphatic rings. The lowest BCUT2D eigenvalue weighted by Crippen LogP contribution is -2.28. The molecule has 1 unspecified atom stereocenters. The maximum absolute atomic E-state index is 5.70. The first-order chi connectivity index (χ1) is 8.72. The number of rotatable bonds is 5. The molecule has 3 heteroatoms. The lowest BCUT2D eigenvalue weighted by atomic mass is 10.0. The predicted octanol–water partition coefficient (Wildman–Crippen LogP) is 3.37. The van der Waals surface area contributed by atoms with Crippen LogP contribution in [0.5, 0.6) is 0 Å². The number of nitrogens with one attached hydrogen (secondary N) is 1. The molecule has 1 atom stereocenters. The number of nitrogens with two attached hydrogens (primary N) is 1. The molecule has 0 amide bonds. The van der Waals surface area contributed by atoms with Gasteiger partial charge >= 0.3 is 0 Å². The second-order valence-corrected chi connectivity index (χ2v) is 5.77. The summed E-state index contributed by atoms with van der Waals surface area (Å²) in [5.74, 6) is 5.70. The van der Waals surface area contributed by atoms with Crippen LogP contribution >= 0.6 is 11.3 Å². The fourth-order valence-electron chi connectivity index (χ4n) is 2.09. The van der Waals surface area contributed by atoms with Gasteiger partial charge in [-0.1, -0.05) is 36.8 Å². The van der Waals surface area contributed by atoms with Gasteiger partial charge < -0.3 is 0 Å². The number of aryl methyl sites for hydroxylation is 2. The molecule has 1 aromatic heterocycles. The van der Waals surface area contributed by atoms with Crippen molar-refractivity contribution in [1.29, 1.82) is 0 Å². The summed E-state index contributed by atoms with van der Waals surface area (Å²) in [7, 11) is 0. The van der Waals surface area contributed by atoms with Crippen molar-refractivity contribution >= 4 is 11.3 Å². The Morgan fingerprint density at radius 1 is 1.28 bits per heavy atom. The van der Waals surface area contributed by atoms with E-state index in [9.17, 15) is 0 Å². The third-order valence-electron chi connectivity index (χ3n) is 3.10. The molecule has 0 spiro atoms. The molecule has 0 saturated carbocycles. The zero-order valence-corrected chi connectivity index (χ0v) is 11.8. The highest BCUT2D eigenvalue weighted by molar-refractivity contribution is 7.12. The first-order valence-electron chi connectivity index (χ1n) is 6.33. The van der Waals surface area contributed by atoms with E-state index in [4.69, 9.17) is 5.84 Å². The third-order valence-corrected chi connectivity index (χ3v) is 4.44. The van der Waals surface area contributed by atoms with Gasteiger partial charge in [0.2, 0.25) is 0 Å². The molecular weight excluding hydrogens is 240 g/mol. The number of hydrazine groups is 1. The van der Waals surface area contributed by atoms with Crippen LogP contribution in [0.1, 0.15) is 33.8 Å². The van der Waals surface area contributed by atoms with Gasteiger partial charge in [0.1, 0.15) is 0 Å². The normalized spacial score (nSPS) is 12.6. The van der Waals surface area contributed by atoms with Gasteiger partial charge in [0.15, 0.2) is 0 Å². The Bertz CT molecular complexity index is 505. The van der Waals surface area contributed by atoms with E-state index >= 15 is 0 Å². The molecule has 3 N–H and O–H groups in total. The summed E-state index contributed by atoms with van der Waals surface area (Å²) in [6.45, 7) is 4.30. The molecule has 0 radical (unpaired) electrons. The molecule has 1 aromatic carbocycles. The van der Waals surface area contributed by atoms with Gasteiger partial charge in [-0.3, -0.25) is 11.3 Å². The van der Waals surface area contributed by atoms with E-state index in [1.165, 1.54) is 20.9 Å². The summed E-state index contributed by atoms with van der Waals surface area (Å²) < 4.78 is 0. The van der Waals surface area contributed by atoms with Crippen molar-refractivity contribution in [2.45, 2.75) is 32.7 Å². The van der Waals surface area contributed by atoms with Crippen molar-refractivity contribution in [3.63, 3.8) is 0 Å². The second kappa shape index (κ2) is 6.14. The van der Waals surface area contributed by atoms with Crippen molar-refractivity contribution < 1.29 is 0 Å². The quantitative estimate of drug-likeness (QED) is 0.639. The van der Waals surface area contributed by atoms with Crippen molar-refractivity contribution in [3.8, 4) is 0 Å². The Balaban J connectivity index is 2.14. The smallest absolute Gasteiger partial charge is 0.0593 e. The van der Waals surface area contributed by atoms with Gasteiger partial charge in [0.25, 0.3) is 0 Å². The van der Waals surface area contributed by atoms with E-state index in [0.717, 1.165) is 12.8 Å². The average Bonchev–Trinajstić information content (AvgIpc) is 2.84. The van der Waals surface area contributed by atoms with E-state index in [0.29, 0.717) is 0 Å². The minimum absolute atomic E-state index is 0.206. The Kier molecular flexibility index (Phi) is 4.53. The molecule has 0 bridgehead atoms. The van der Waals surface area contributed by atoms with Crippen LogP contribution < -0.4 is 11.3 Å². The predicted molar refractivity (Wildman–Crippen MR) is 78.6 cm³/mol. The maximum atomic E-state index is 5.70. The molecule has 0 saturated heterocycles. The first-order valence-corrected chi connectivity index (χ1v) is 7.15. The maximum Gasteiger partial charge on any atom is 0.0593 e. The Morgan fingerprint density at radius 3 is 2.72 bits per heavy atom. The molecular formula is C15H20N2S. The van der Waals surface area contributed by atoms with Crippen molar-refractivity contribution in [3.05, 3.63) is 57.3 Å². The van der Waals surface area contributed by atoms with Crippen LogP contribution in [0.2, 0.25) is 0 Å². The number of thiophene rings is 1. The highest BCUT2D eigenvalue weighted by Gasteiger charge is 2.12. The number of benzene rings is 1. The van der Waals surface area contributed by atoms with Gasteiger partial charge in [-0.25, -0.2) is 0 Å². The van der Waals surface area contributed by atoms with Crippen LogP contribution in [-0.2, 0) is 12.8 Å². The number of hydrogen-bond donors (Lipinski definition) is 2. The Hall–Kier alpha value is -1.16. The molecule has 18 heavy (non-hydrogen) atoms. The summed E-state index contributed by atoms with van der Waals surface area (Å²) in [4.78, 5) is 2.73. The topological polar surface area (TPSA) is 38.0 Å². The van der Waals surface area contributed by atoms with Crippen molar-refractivity contribution in [2.75, 3.05) is 0 Å². The molecule has 2 nitrogen and oxygen atoms in total. The van der Waals surface area contributed by atoms with Gasteiger partial charge in [0, 0.05) is 9.75 Å². The standard InChI is InChI=1S/C15H20N2S/c1-3-13-7-8-15(18-13)14(17-16)10-12-6-4-5-11(2)9-12/h4-9,14,17H,3,10,16H2,1-2H3. The zero-order chi connectivity index (χ0) is 13.0. The van der Waals surface area contributed by atoms with Crippen LogP contribution in [0.3, 0.4) is 0 Å². The van der Waals surface area contributed by atoms with Gasteiger partial charge in [-0.05, 0) is 37.5 Å². The van der Waals surface area contributed by atoms with E-state index < -0.39 is 0 Å². The minimum atomic E-state index is 0.206. The van der Waals surface area contributed by atoms with Crippen molar-refractivity contribution in [1.82, 2.24) is 5.43 Å². The summed E-state index contributed by atoms with van der Waals surface area (Å²) in [6.07, 6.45) is 2.02. The van der Waals surface area contributed by atoms with Gasteiger partial charge in [-0.15, -0.1) is 11.3 Å². The Labute approximate surface area is 113 Å². The summed E-state index contributed by atoms with van der Waals surface area (Å²) >= 11 is 1.85. The highest BCUT2D eigenvalue weighted by atomic mass is 32.1. The largest absolute Gasteiger partial charge is 0.271 e. The van der Waals surface area contributed by atoms with Crippen LogP contribution in [-0.4, -0.2) is 0 Å². The van der Waals surface area contributed by atoms with E-state index in [2.05, 4.69) is 55.7 Å². The zero-order valence-electron chi connectivity index (χ0n) is 10.9. The molecule has 0 aliphatic heterocycles. The average molecular weight is 260 g/mol. The van der Waals surface area contributed by atoms with E-state index in [1.54, 1.807) is 0 Å². The monoisotopic (exact) mass is 260 g/mol. The van der Waals surface area contributed by atoms with Gasteiger partial charge in [-0.2, -0.15) is 0 Å². The SMILES string of the molecule is CCc1ccc(C(Cc2cccc(C)c2)NN)s1. The van der Waals surface area contributed by atoms with Crippen LogP contribution in [0, 0.1) is 6.92 Å². The highest BCUT2D eigenvalue weighted by Crippen LogP contribution is 2.26. The summed E-state index contributed by atoms with van der Waals surface area (Å²) in [5, 5.41) is 0. The number of hydrogen-bond acceptors (Lipinski definition) is 3. The molecule has 1 heterocycles. The Morgan fingerprint density at radius 2 is 2.11 bits per heavy atom. The lowest BCUT2D eigenvalue weighted by Gasteiger charge is -2.14. The first kappa shape index (κ1) is 13.3. The molecule has 2 rings (SSSR count). The van der Waals surface area contributed by atoms with Gasteiger partial charge in [0.05, 0.1) is 6.04 Å². The molecule has 96 valence electrons. The fourth-order valence-corrected chi connectivity index (χ4v) is 3.10. The second-order valence-electron chi connectivity index (χ2n) is 4.57. The molecule has 2 aromatic rings. The van der Waals surface area contributed by atoms with Crippen LogP contribution in [0.25, 0.3) is 0 Å². The minimum Gasteiger partial charge on any atom is -0.271 e. The van der Waals surface area contributed by atoms with E-state index in [-0.39, 0.29) is 6.04 Å². The molecule has 0 fully saturated rings. The van der Waals surface area contributed by atoms with E-state index in [1.807, 2.05) is 11.3 Å². The van der Waals surface area contributed by atoms with Crippen molar-refractivity contribution in [2.24, 2.45) is 5.84 Å². The fraction of sp³-hybridized carbons (Fsp3) is 0.333. The molecule has 0 aliphatic carbocycles. The third kappa shape index (κ3) is 3.19. The van der Waals surface area contributed by atoms with Crippen LogP contribution in [0.4, 0.5) is 0 Å². The summed E-state index contributed by atoms with van der Waals surface area (Å²) in [5.41, 5.74) is 5.55. The van der Waals surface area contributed by atoms with Crippen LogP contribution in [0.15, 0.2) is 36.4 Å². The summed E-state index contributed by atoms with van der Waals surface area (Å²) in [6, 6.07) is 13.2.